The molecule has 1 aliphatic rings. The second-order valence-electron chi connectivity index (χ2n) is 4.89. The molecule has 96 valence electrons. The summed E-state index contributed by atoms with van der Waals surface area (Å²) < 4.78 is 0. The topological polar surface area (TPSA) is 52.0 Å². The summed E-state index contributed by atoms with van der Waals surface area (Å²) in [6.45, 7) is 1.94. The molecule has 0 aromatic carbocycles. The fraction of sp³-hybridized carbons (Fsp3) is 0.571. The normalized spacial score (nSPS) is 15.8. The van der Waals surface area contributed by atoms with Crippen LogP contribution >= 0.6 is 0 Å². The molecule has 1 heterocycles. The smallest absolute Gasteiger partial charge is 0.142 e. The van der Waals surface area contributed by atoms with Crippen LogP contribution in [0, 0.1) is 11.3 Å². The Kier molecular flexibility index (Phi) is 4.54. The van der Waals surface area contributed by atoms with E-state index < -0.39 is 0 Å². The number of likely N-dealkylation sites (N-methyl/N-ethyl adjacent to an activating group) is 1. The first-order chi connectivity index (χ1) is 8.79. The van der Waals surface area contributed by atoms with Gasteiger partial charge in [0.2, 0.25) is 0 Å². The fourth-order valence-electron chi connectivity index (χ4n) is 2.51. The minimum atomic E-state index is 0.462. The largest absolute Gasteiger partial charge is 0.384 e. The molecule has 4 heteroatoms. The highest BCUT2D eigenvalue weighted by Crippen LogP contribution is 2.21. The molecule has 1 N–H and O–H groups in total. The van der Waals surface area contributed by atoms with Crippen molar-refractivity contribution in [3.05, 3.63) is 24.0 Å². The fourth-order valence-corrected chi connectivity index (χ4v) is 2.51. The number of aromatic nitrogens is 1. The Bertz CT molecular complexity index is 418. The van der Waals surface area contributed by atoms with Crippen molar-refractivity contribution in [3.63, 3.8) is 0 Å². The van der Waals surface area contributed by atoms with Gasteiger partial charge in [-0.1, -0.05) is 12.8 Å². The molecule has 18 heavy (non-hydrogen) atoms. The molecule has 1 saturated carbocycles. The van der Waals surface area contributed by atoms with E-state index in [0.717, 1.165) is 24.8 Å². The molecule has 0 unspecified atom stereocenters. The van der Waals surface area contributed by atoms with Crippen LogP contribution in [0.5, 0.6) is 0 Å². The Hall–Kier alpha value is -1.60. The first-order valence-corrected chi connectivity index (χ1v) is 6.60. The van der Waals surface area contributed by atoms with Crippen molar-refractivity contribution in [1.29, 1.82) is 5.26 Å². The van der Waals surface area contributed by atoms with E-state index in [2.05, 4.69) is 22.2 Å². The first kappa shape index (κ1) is 12.8. The van der Waals surface area contributed by atoms with Crippen LogP contribution in [0.2, 0.25) is 0 Å². The van der Waals surface area contributed by atoms with E-state index in [1.165, 1.54) is 25.7 Å². The zero-order valence-electron chi connectivity index (χ0n) is 10.9. The SMILES string of the molecule is CN(CCNc1ccnc(C#N)c1)C1CCCC1. The first-order valence-electron chi connectivity index (χ1n) is 6.60. The molecule has 1 aromatic rings. The Morgan fingerprint density at radius 3 is 3.00 bits per heavy atom. The van der Waals surface area contributed by atoms with Gasteiger partial charge in [0.25, 0.3) is 0 Å². The molecule has 0 aliphatic heterocycles. The van der Waals surface area contributed by atoms with Crippen molar-refractivity contribution >= 4 is 5.69 Å². The minimum absolute atomic E-state index is 0.462. The van der Waals surface area contributed by atoms with Crippen LogP contribution in [0.3, 0.4) is 0 Å². The average Bonchev–Trinajstić information content (AvgIpc) is 2.93. The van der Waals surface area contributed by atoms with E-state index in [4.69, 9.17) is 5.26 Å². The van der Waals surface area contributed by atoms with Crippen LogP contribution in [0.4, 0.5) is 5.69 Å². The van der Waals surface area contributed by atoms with Crippen LogP contribution in [0.25, 0.3) is 0 Å². The molecule has 4 nitrogen and oxygen atoms in total. The highest BCUT2D eigenvalue weighted by Gasteiger charge is 2.18. The molecule has 0 spiro atoms. The highest BCUT2D eigenvalue weighted by atomic mass is 15.1. The van der Waals surface area contributed by atoms with Crippen molar-refractivity contribution in [2.45, 2.75) is 31.7 Å². The van der Waals surface area contributed by atoms with Crippen molar-refractivity contribution in [2.24, 2.45) is 0 Å². The summed E-state index contributed by atoms with van der Waals surface area (Å²) in [5, 5.41) is 12.1. The van der Waals surface area contributed by atoms with Gasteiger partial charge < -0.3 is 10.2 Å². The predicted molar refractivity (Wildman–Crippen MR) is 72.3 cm³/mol. The van der Waals surface area contributed by atoms with Gasteiger partial charge in [-0.3, -0.25) is 0 Å². The summed E-state index contributed by atoms with van der Waals surface area (Å²) in [7, 11) is 2.20. The molecular weight excluding hydrogens is 224 g/mol. The lowest BCUT2D eigenvalue weighted by molar-refractivity contribution is 0.254. The molecule has 0 radical (unpaired) electrons. The zero-order chi connectivity index (χ0) is 12.8. The lowest BCUT2D eigenvalue weighted by Gasteiger charge is -2.24. The van der Waals surface area contributed by atoms with E-state index in [9.17, 15) is 0 Å². The quantitative estimate of drug-likeness (QED) is 0.863. The van der Waals surface area contributed by atoms with Gasteiger partial charge in [-0.15, -0.1) is 0 Å². The van der Waals surface area contributed by atoms with Gasteiger partial charge in [-0.2, -0.15) is 5.26 Å². The third-order valence-electron chi connectivity index (χ3n) is 3.62. The van der Waals surface area contributed by atoms with Gasteiger partial charge in [0.15, 0.2) is 0 Å². The van der Waals surface area contributed by atoms with Crippen LogP contribution in [0.1, 0.15) is 31.4 Å². The zero-order valence-corrected chi connectivity index (χ0v) is 10.9. The van der Waals surface area contributed by atoms with Gasteiger partial charge in [-0.05, 0) is 32.0 Å². The number of nitrogens with zero attached hydrogens (tertiary/aromatic N) is 3. The van der Waals surface area contributed by atoms with Crippen molar-refractivity contribution in [2.75, 3.05) is 25.5 Å². The van der Waals surface area contributed by atoms with Crippen LogP contribution < -0.4 is 5.32 Å². The maximum absolute atomic E-state index is 8.77. The summed E-state index contributed by atoms with van der Waals surface area (Å²) in [5.74, 6) is 0. The second-order valence-corrected chi connectivity index (χ2v) is 4.89. The van der Waals surface area contributed by atoms with Crippen molar-refractivity contribution < 1.29 is 0 Å². The Balaban J connectivity index is 1.75. The van der Waals surface area contributed by atoms with Crippen molar-refractivity contribution in [3.8, 4) is 6.07 Å². The Morgan fingerprint density at radius 1 is 1.50 bits per heavy atom. The number of anilines is 1. The molecule has 1 aromatic heterocycles. The summed E-state index contributed by atoms with van der Waals surface area (Å²) in [6, 6.07) is 6.50. The maximum atomic E-state index is 8.77. The van der Waals surface area contributed by atoms with E-state index in [1.807, 2.05) is 12.1 Å². The monoisotopic (exact) mass is 244 g/mol. The highest BCUT2D eigenvalue weighted by molar-refractivity contribution is 5.45. The van der Waals surface area contributed by atoms with Gasteiger partial charge in [-0.25, -0.2) is 4.98 Å². The third-order valence-corrected chi connectivity index (χ3v) is 3.62. The summed E-state index contributed by atoms with van der Waals surface area (Å²) in [6.07, 6.45) is 7.09. The summed E-state index contributed by atoms with van der Waals surface area (Å²) >= 11 is 0. The van der Waals surface area contributed by atoms with Gasteiger partial charge in [0.1, 0.15) is 11.8 Å². The molecular formula is C14H20N4. The molecule has 0 bridgehead atoms. The third kappa shape index (κ3) is 3.44. The Morgan fingerprint density at radius 2 is 2.28 bits per heavy atom. The number of hydrogen-bond acceptors (Lipinski definition) is 4. The Labute approximate surface area is 109 Å². The number of nitriles is 1. The molecule has 2 rings (SSSR count). The predicted octanol–water partition coefficient (Wildman–Crippen LogP) is 2.24. The summed E-state index contributed by atoms with van der Waals surface area (Å²) in [5.41, 5.74) is 1.44. The summed E-state index contributed by atoms with van der Waals surface area (Å²) in [4.78, 5) is 6.39. The minimum Gasteiger partial charge on any atom is -0.384 e. The van der Waals surface area contributed by atoms with Crippen LogP contribution in [0.15, 0.2) is 18.3 Å². The standard InChI is InChI=1S/C14H20N4/c1-18(14-4-2-3-5-14)9-8-17-12-6-7-16-13(10-12)11-15/h6-7,10,14H,2-5,8-9H2,1H3,(H,16,17). The number of hydrogen-bond donors (Lipinski definition) is 1. The van der Waals surface area contributed by atoms with Crippen LogP contribution in [-0.4, -0.2) is 36.1 Å². The average molecular weight is 244 g/mol. The second kappa shape index (κ2) is 6.36. The van der Waals surface area contributed by atoms with E-state index in [0.29, 0.717) is 5.69 Å². The van der Waals surface area contributed by atoms with Gasteiger partial charge in [0.05, 0.1) is 0 Å². The number of nitrogens with one attached hydrogen (secondary N) is 1. The lowest BCUT2D eigenvalue weighted by Crippen LogP contribution is -2.33. The van der Waals surface area contributed by atoms with E-state index >= 15 is 0 Å². The van der Waals surface area contributed by atoms with E-state index in [1.54, 1.807) is 12.3 Å². The number of pyridine rings is 1. The van der Waals surface area contributed by atoms with Crippen LogP contribution in [-0.2, 0) is 0 Å². The van der Waals surface area contributed by atoms with Gasteiger partial charge >= 0.3 is 0 Å². The maximum Gasteiger partial charge on any atom is 0.142 e. The molecule has 0 saturated heterocycles. The molecule has 1 fully saturated rings. The molecule has 0 atom stereocenters. The molecule has 1 aliphatic carbocycles. The molecule has 0 amide bonds. The van der Waals surface area contributed by atoms with E-state index in [-0.39, 0.29) is 0 Å². The van der Waals surface area contributed by atoms with Gasteiger partial charge in [0, 0.05) is 31.0 Å². The number of rotatable bonds is 5. The van der Waals surface area contributed by atoms with Crippen molar-refractivity contribution in [1.82, 2.24) is 9.88 Å². The lowest BCUT2D eigenvalue weighted by atomic mass is 10.2.